The Morgan fingerprint density at radius 2 is 2.14 bits per heavy atom. The smallest absolute Gasteiger partial charge is 0.230 e. The van der Waals surface area contributed by atoms with Gasteiger partial charge in [-0.2, -0.15) is 0 Å². The Bertz CT molecular complexity index is 543. The molecule has 0 fully saturated rings. The van der Waals surface area contributed by atoms with Crippen molar-refractivity contribution < 1.29 is 9.18 Å². The van der Waals surface area contributed by atoms with Crippen molar-refractivity contribution in [3.63, 3.8) is 0 Å². The molecule has 112 valence electrons. The van der Waals surface area contributed by atoms with Crippen molar-refractivity contribution in [3.8, 4) is 0 Å². The first-order chi connectivity index (χ1) is 10.2. The molecule has 1 amide bonds. The van der Waals surface area contributed by atoms with Gasteiger partial charge >= 0.3 is 0 Å². The fraction of sp³-hybridized carbons (Fsp3) is 0.333. The van der Waals surface area contributed by atoms with Gasteiger partial charge in [0.25, 0.3) is 0 Å². The second-order valence-electron chi connectivity index (χ2n) is 4.62. The normalized spacial score (nSPS) is 10.5. The highest BCUT2D eigenvalue weighted by atomic mass is 32.2. The topological polar surface area (TPSA) is 46.9 Å². The zero-order valence-electron chi connectivity index (χ0n) is 11.7. The highest BCUT2D eigenvalue weighted by molar-refractivity contribution is 7.99. The maximum Gasteiger partial charge on any atom is 0.230 e. The van der Waals surface area contributed by atoms with E-state index in [0.717, 1.165) is 18.5 Å². The van der Waals surface area contributed by atoms with E-state index >= 15 is 0 Å². The van der Waals surface area contributed by atoms with Crippen molar-refractivity contribution in [2.75, 3.05) is 12.3 Å². The van der Waals surface area contributed by atoms with Crippen molar-refractivity contribution >= 4 is 17.7 Å². The van der Waals surface area contributed by atoms with E-state index in [-0.39, 0.29) is 11.7 Å². The number of hydrogen-bond donors (Lipinski definition) is 1. The number of carbonyl (C=O) groups is 1. The van der Waals surface area contributed by atoms with E-state index in [1.807, 2.05) is 10.8 Å². The van der Waals surface area contributed by atoms with Gasteiger partial charge in [0.1, 0.15) is 5.82 Å². The summed E-state index contributed by atoms with van der Waals surface area (Å²) >= 11 is 1.53. The molecule has 1 aromatic heterocycles. The molecular weight excluding hydrogens is 289 g/mol. The van der Waals surface area contributed by atoms with Crippen LogP contribution >= 0.6 is 11.8 Å². The number of nitrogens with one attached hydrogen (secondary N) is 1. The van der Waals surface area contributed by atoms with E-state index in [2.05, 4.69) is 10.3 Å². The van der Waals surface area contributed by atoms with Crippen LogP contribution in [0.25, 0.3) is 0 Å². The van der Waals surface area contributed by atoms with Crippen molar-refractivity contribution in [1.29, 1.82) is 0 Å². The first-order valence-electron chi connectivity index (χ1n) is 6.78. The predicted molar refractivity (Wildman–Crippen MR) is 82.4 cm³/mol. The zero-order valence-corrected chi connectivity index (χ0v) is 12.5. The molecule has 21 heavy (non-hydrogen) atoms. The van der Waals surface area contributed by atoms with Crippen LogP contribution in [0.15, 0.2) is 43.0 Å². The van der Waals surface area contributed by atoms with Crippen molar-refractivity contribution in [2.24, 2.45) is 0 Å². The fourth-order valence-electron chi connectivity index (χ4n) is 1.80. The largest absolute Gasteiger partial charge is 0.355 e. The van der Waals surface area contributed by atoms with Crippen LogP contribution in [-0.2, 0) is 17.1 Å². The number of imidazole rings is 1. The molecule has 4 nitrogen and oxygen atoms in total. The van der Waals surface area contributed by atoms with Gasteiger partial charge in [0, 0.05) is 31.2 Å². The molecule has 6 heteroatoms. The Morgan fingerprint density at radius 3 is 2.86 bits per heavy atom. The first kappa shape index (κ1) is 15.6. The number of carbonyl (C=O) groups excluding carboxylic acids is 1. The highest BCUT2D eigenvalue weighted by Gasteiger charge is 2.02. The number of aromatic nitrogens is 2. The Labute approximate surface area is 127 Å². The molecule has 0 saturated carbocycles. The minimum absolute atomic E-state index is 0.0349. The lowest BCUT2D eigenvalue weighted by atomic mass is 10.2. The quantitative estimate of drug-likeness (QED) is 0.762. The van der Waals surface area contributed by atoms with E-state index in [0.29, 0.717) is 18.1 Å². The van der Waals surface area contributed by atoms with Crippen LogP contribution < -0.4 is 5.32 Å². The third-order valence-corrected chi connectivity index (χ3v) is 3.89. The van der Waals surface area contributed by atoms with Crippen LogP contribution in [0.2, 0.25) is 0 Å². The van der Waals surface area contributed by atoms with E-state index in [1.54, 1.807) is 24.7 Å². The van der Waals surface area contributed by atoms with Crippen LogP contribution in [-0.4, -0.2) is 27.8 Å². The number of thioether (sulfide) groups is 1. The highest BCUT2D eigenvalue weighted by Crippen LogP contribution is 2.12. The third kappa shape index (κ3) is 5.99. The van der Waals surface area contributed by atoms with Crippen molar-refractivity contribution in [1.82, 2.24) is 14.9 Å². The average molecular weight is 307 g/mol. The Kier molecular flexibility index (Phi) is 6.27. The van der Waals surface area contributed by atoms with E-state index in [4.69, 9.17) is 0 Å². The number of halogens is 1. The summed E-state index contributed by atoms with van der Waals surface area (Å²) < 4.78 is 14.7. The van der Waals surface area contributed by atoms with Gasteiger partial charge in [-0.05, 0) is 24.1 Å². The molecule has 0 aliphatic heterocycles. The summed E-state index contributed by atoms with van der Waals surface area (Å²) in [7, 11) is 0. The van der Waals surface area contributed by atoms with Crippen LogP contribution in [0.4, 0.5) is 4.39 Å². The Morgan fingerprint density at radius 1 is 1.33 bits per heavy atom. The number of rotatable bonds is 8. The summed E-state index contributed by atoms with van der Waals surface area (Å²) in [6.07, 6.45) is 6.29. The molecule has 2 rings (SSSR count). The van der Waals surface area contributed by atoms with E-state index < -0.39 is 0 Å². The number of benzene rings is 1. The van der Waals surface area contributed by atoms with Gasteiger partial charge in [-0.1, -0.05) is 12.1 Å². The predicted octanol–water partition coefficient (Wildman–Crippen LogP) is 2.46. The Hall–Kier alpha value is -1.82. The molecule has 0 spiro atoms. The number of amides is 1. The molecular formula is C15H18FN3OS. The zero-order chi connectivity index (χ0) is 14.9. The van der Waals surface area contributed by atoms with Crippen LogP contribution in [0.5, 0.6) is 0 Å². The molecule has 0 atom stereocenters. The molecule has 0 saturated heterocycles. The number of aryl methyl sites for hydroxylation is 1. The summed E-state index contributed by atoms with van der Waals surface area (Å²) in [6.45, 7) is 1.51. The SMILES string of the molecule is O=C(CSCc1ccc(F)cc1)NCCCn1ccnc1. The number of nitrogens with zero attached hydrogens (tertiary/aromatic N) is 2. The summed E-state index contributed by atoms with van der Waals surface area (Å²) in [5, 5.41) is 2.89. The average Bonchev–Trinajstić information content (AvgIpc) is 2.99. The Balaban J connectivity index is 1.54. The summed E-state index contributed by atoms with van der Waals surface area (Å²) in [4.78, 5) is 15.6. The number of hydrogen-bond acceptors (Lipinski definition) is 3. The maximum absolute atomic E-state index is 12.7. The molecule has 2 aromatic rings. The first-order valence-corrected chi connectivity index (χ1v) is 7.94. The van der Waals surface area contributed by atoms with Crippen LogP contribution in [0.1, 0.15) is 12.0 Å². The molecule has 1 N–H and O–H groups in total. The van der Waals surface area contributed by atoms with E-state index in [1.165, 1.54) is 23.9 Å². The van der Waals surface area contributed by atoms with Gasteiger partial charge in [-0.25, -0.2) is 9.37 Å². The van der Waals surface area contributed by atoms with Crippen molar-refractivity contribution in [2.45, 2.75) is 18.7 Å². The van der Waals surface area contributed by atoms with Gasteiger partial charge in [0.2, 0.25) is 5.91 Å². The summed E-state index contributed by atoms with van der Waals surface area (Å²) in [6, 6.07) is 6.36. The van der Waals surface area contributed by atoms with Crippen molar-refractivity contribution in [3.05, 3.63) is 54.4 Å². The second-order valence-corrected chi connectivity index (χ2v) is 5.61. The second kappa shape index (κ2) is 8.46. The van der Waals surface area contributed by atoms with Gasteiger partial charge in [0.05, 0.1) is 12.1 Å². The van der Waals surface area contributed by atoms with Gasteiger partial charge in [-0.15, -0.1) is 11.8 Å². The van der Waals surface area contributed by atoms with Crippen LogP contribution in [0, 0.1) is 5.82 Å². The molecule has 0 radical (unpaired) electrons. The van der Waals surface area contributed by atoms with Gasteiger partial charge in [-0.3, -0.25) is 4.79 Å². The molecule has 0 aliphatic carbocycles. The van der Waals surface area contributed by atoms with Gasteiger partial charge in [0.15, 0.2) is 0 Å². The molecule has 0 aliphatic rings. The molecule has 1 heterocycles. The van der Waals surface area contributed by atoms with E-state index in [9.17, 15) is 9.18 Å². The lowest BCUT2D eigenvalue weighted by Gasteiger charge is -2.06. The standard InChI is InChI=1S/C15H18FN3OS/c16-14-4-2-13(3-5-14)10-21-11-15(20)18-6-1-8-19-9-7-17-12-19/h2-5,7,9,12H,1,6,8,10-11H2,(H,18,20). The molecule has 0 bridgehead atoms. The minimum Gasteiger partial charge on any atom is -0.355 e. The lowest BCUT2D eigenvalue weighted by molar-refractivity contribution is -0.118. The third-order valence-electron chi connectivity index (χ3n) is 2.89. The minimum atomic E-state index is -0.237. The monoisotopic (exact) mass is 307 g/mol. The summed E-state index contributed by atoms with van der Waals surface area (Å²) in [5.41, 5.74) is 1.02. The molecule has 1 aromatic carbocycles. The van der Waals surface area contributed by atoms with Gasteiger partial charge < -0.3 is 9.88 Å². The fourth-order valence-corrected chi connectivity index (χ4v) is 2.62. The van der Waals surface area contributed by atoms with Crippen LogP contribution in [0.3, 0.4) is 0 Å². The summed E-state index contributed by atoms with van der Waals surface area (Å²) in [5.74, 6) is 0.928. The lowest BCUT2D eigenvalue weighted by Crippen LogP contribution is -2.26. The maximum atomic E-state index is 12.7. The molecule has 0 unspecified atom stereocenters.